The fourth-order valence-corrected chi connectivity index (χ4v) is 4.88. The number of amides is 2. The van der Waals surface area contributed by atoms with Crippen LogP contribution in [-0.2, 0) is 9.59 Å². The molecule has 4 nitrogen and oxygen atoms in total. The first-order chi connectivity index (χ1) is 13.2. The van der Waals surface area contributed by atoms with E-state index in [0.29, 0.717) is 0 Å². The van der Waals surface area contributed by atoms with E-state index < -0.39 is 0 Å². The molecular weight excluding hydrogens is 388 g/mol. The second-order valence-corrected chi connectivity index (χ2v) is 9.94. The van der Waals surface area contributed by atoms with E-state index in [1.165, 1.54) is 21.6 Å². The molecule has 0 aliphatic carbocycles. The van der Waals surface area contributed by atoms with E-state index in [4.69, 9.17) is 0 Å². The highest BCUT2D eigenvalue weighted by molar-refractivity contribution is 8.77. The van der Waals surface area contributed by atoms with Crippen LogP contribution in [0.25, 0.3) is 0 Å². The Balaban J connectivity index is 1.90. The topological polar surface area (TPSA) is 58.2 Å². The fraction of sp³-hybridized carbons (Fsp3) is 0.364. The van der Waals surface area contributed by atoms with Crippen molar-refractivity contribution < 1.29 is 9.59 Å². The van der Waals surface area contributed by atoms with E-state index in [1.54, 1.807) is 0 Å². The van der Waals surface area contributed by atoms with Crippen molar-refractivity contribution >= 4 is 44.8 Å². The molecule has 2 N–H and O–H groups in total. The van der Waals surface area contributed by atoms with Crippen LogP contribution in [0.4, 0.5) is 11.4 Å². The first-order valence-electron chi connectivity index (χ1n) is 9.27. The number of carbonyl (C=O) groups excluding carboxylic acids is 2. The minimum absolute atomic E-state index is 0.0581. The number of nitrogens with one attached hydrogen (secondary N) is 2. The van der Waals surface area contributed by atoms with Crippen molar-refractivity contribution in [1.29, 1.82) is 0 Å². The summed E-state index contributed by atoms with van der Waals surface area (Å²) in [4.78, 5) is 25.1. The van der Waals surface area contributed by atoms with Gasteiger partial charge in [-0.05, 0) is 63.8 Å². The normalized spacial score (nSPS) is 12.9. The average molecular weight is 417 g/mol. The van der Waals surface area contributed by atoms with Crippen molar-refractivity contribution in [2.75, 3.05) is 10.6 Å². The quantitative estimate of drug-likeness (QED) is 0.572. The fourth-order valence-electron chi connectivity index (χ4n) is 2.73. The molecule has 0 fully saturated rings. The van der Waals surface area contributed by atoms with Gasteiger partial charge in [-0.15, -0.1) is 0 Å². The van der Waals surface area contributed by atoms with Crippen molar-refractivity contribution in [3.8, 4) is 0 Å². The highest BCUT2D eigenvalue weighted by atomic mass is 33.1. The van der Waals surface area contributed by atoms with Gasteiger partial charge in [0.1, 0.15) is 0 Å². The number of hydrogen-bond donors (Lipinski definition) is 2. The number of rotatable bonds is 7. The Hall–Kier alpha value is -1.92. The Morgan fingerprint density at radius 1 is 0.679 bits per heavy atom. The van der Waals surface area contributed by atoms with Gasteiger partial charge in [-0.1, -0.05) is 58.0 Å². The number of anilines is 2. The third kappa shape index (κ3) is 5.79. The van der Waals surface area contributed by atoms with Gasteiger partial charge in [0.05, 0.1) is 10.5 Å². The van der Waals surface area contributed by atoms with Gasteiger partial charge in [0.25, 0.3) is 0 Å². The standard InChI is InChI=1S/C22H28N2O2S2/c1-13-9-7-10-14(2)19(13)23-21(25)17(5)27-28-18(6)22(26)24-20-15(3)11-8-12-16(20)4/h7-12,17-18H,1-6H3,(H,23,25)(H,24,26)/t17-,18-/m0/s1. The van der Waals surface area contributed by atoms with Crippen LogP contribution < -0.4 is 10.6 Å². The van der Waals surface area contributed by atoms with Crippen LogP contribution in [-0.4, -0.2) is 22.3 Å². The maximum Gasteiger partial charge on any atom is 0.238 e. The molecule has 0 aliphatic rings. The monoisotopic (exact) mass is 416 g/mol. The molecule has 0 spiro atoms. The summed E-state index contributed by atoms with van der Waals surface area (Å²) in [6, 6.07) is 11.9. The number of benzene rings is 2. The van der Waals surface area contributed by atoms with Crippen LogP contribution in [0, 0.1) is 27.7 Å². The molecule has 2 amide bonds. The molecule has 0 saturated carbocycles. The van der Waals surface area contributed by atoms with Crippen molar-refractivity contribution in [3.05, 3.63) is 58.7 Å². The van der Waals surface area contributed by atoms with Crippen LogP contribution in [0.3, 0.4) is 0 Å². The lowest BCUT2D eigenvalue weighted by atomic mass is 10.1. The highest BCUT2D eigenvalue weighted by Gasteiger charge is 2.21. The molecular formula is C22H28N2O2S2. The molecule has 2 atom stereocenters. The van der Waals surface area contributed by atoms with Crippen LogP contribution in [0.5, 0.6) is 0 Å². The lowest BCUT2D eigenvalue weighted by molar-refractivity contribution is -0.116. The van der Waals surface area contributed by atoms with Gasteiger partial charge in [0.15, 0.2) is 0 Å². The van der Waals surface area contributed by atoms with Crippen LogP contribution >= 0.6 is 21.6 Å². The highest BCUT2D eigenvalue weighted by Crippen LogP contribution is 2.33. The summed E-state index contributed by atoms with van der Waals surface area (Å²) in [7, 11) is 2.83. The van der Waals surface area contributed by atoms with Gasteiger partial charge in [-0.25, -0.2) is 0 Å². The molecule has 0 unspecified atom stereocenters. The van der Waals surface area contributed by atoms with Gasteiger partial charge in [-0.3, -0.25) is 9.59 Å². The minimum Gasteiger partial charge on any atom is -0.325 e. The van der Waals surface area contributed by atoms with Gasteiger partial charge < -0.3 is 10.6 Å². The largest absolute Gasteiger partial charge is 0.325 e. The molecule has 0 bridgehead atoms. The summed E-state index contributed by atoms with van der Waals surface area (Å²) in [5, 5.41) is 5.47. The zero-order valence-electron chi connectivity index (χ0n) is 17.3. The summed E-state index contributed by atoms with van der Waals surface area (Å²) in [5.74, 6) is -0.116. The van der Waals surface area contributed by atoms with Crippen molar-refractivity contribution in [2.24, 2.45) is 0 Å². The Morgan fingerprint density at radius 3 is 1.25 bits per heavy atom. The van der Waals surface area contributed by atoms with Crippen LogP contribution in [0.2, 0.25) is 0 Å². The molecule has 2 aromatic rings. The smallest absolute Gasteiger partial charge is 0.238 e. The molecule has 0 aliphatic heterocycles. The zero-order chi connectivity index (χ0) is 20.8. The summed E-state index contributed by atoms with van der Waals surface area (Å²) in [6.45, 7) is 11.6. The summed E-state index contributed by atoms with van der Waals surface area (Å²) in [5.41, 5.74) is 5.90. The Kier molecular flexibility index (Phi) is 8.01. The van der Waals surface area contributed by atoms with Gasteiger partial charge in [-0.2, -0.15) is 0 Å². The second-order valence-electron chi connectivity index (χ2n) is 6.99. The molecule has 0 saturated heterocycles. The van der Waals surface area contributed by atoms with E-state index in [-0.39, 0.29) is 22.3 Å². The SMILES string of the molecule is Cc1cccc(C)c1NC(=O)[C@H](C)SS[C@@H](C)C(=O)Nc1c(C)cccc1C. The molecule has 2 aromatic carbocycles. The second kappa shape index (κ2) is 10.0. The third-order valence-electron chi connectivity index (χ3n) is 4.54. The molecule has 6 heteroatoms. The van der Waals surface area contributed by atoms with E-state index in [1.807, 2.05) is 77.9 Å². The number of aryl methyl sites for hydroxylation is 4. The van der Waals surface area contributed by atoms with E-state index in [9.17, 15) is 9.59 Å². The zero-order valence-corrected chi connectivity index (χ0v) is 18.9. The van der Waals surface area contributed by atoms with E-state index in [2.05, 4.69) is 10.6 Å². The first kappa shape index (κ1) is 22.4. The Bertz CT molecular complexity index is 756. The number of para-hydroxylation sites is 2. The molecule has 150 valence electrons. The summed E-state index contributed by atoms with van der Waals surface area (Å²) >= 11 is 0. The van der Waals surface area contributed by atoms with E-state index >= 15 is 0 Å². The third-order valence-corrected chi connectivity index (χ3v) is 7.72. The van der Waals surface area contributed by atoms with Crippen LogP contribution in [0.15, 0.2) is 36.4 Å². The van der Waals surface area contributed by atoms with Crippen molar-refractivity contribution in [2.45, 2.75) is 52.0 Å². The molecule has 28 heavy (non-hydrogen) atoms. The molecule has 0 heterocycles. The molecule has 0 radical (unpaired) electrons. The summed E-state index contributed by atoms with van der Waals surface area (Å²) in [6.07, 6.45) is 0. The maximum absolute atomic E-state index is 12.5. The van der Waals surface area contributed by atoms with Crippen molar-refractivity contribution in [3.63, 3.8) is 0 Å². The average Bonchev–Trinajstić information content (AvgIpc) is 2.65. The van der Waals surface area contributed by atoms with Gasteiger partial charge in [0.2, 0.25) is 11.8 Å². The number of hydrogen-bond acceptors (Lipinski definition) is 4. The maximum atomic E-state index is 12.5. The lowest BCUT2D eigenvalue weighted by Crippen LogP contribution is -2.25. The van der Waals surface area contributed by atoms with Crippen molar-refractivity contribution in [1.82, 2.24) is 0 Å². The van der Waals surface area contributed by atoms with Gasteiger partial charge in [0, 0.05) is 11.4 Å². The molecule has 0 aromatic heterocycles. The first-order valence-corrected chi connectivity index (χ1v) is 11.5. The Labute approximate surface area is 175 Å². The lowest BCUT2D eigenvalue weighted by Gasteiger charge is -2.18. The predicted molar refractivity (Wildman–Crippen MR) is 123 cm³/mol. The van der Waals surface area contributed by atoms with E-state index in [0.717, 1.165) is 33.6 Å². The minimum atomic E-state index is -0.278. The Morgan fingerprint density at radius 2 is 0.964 bits per heavy atom. The van der Waals surface area contributed by atoms with Gasteiger partial charge >= 0.3 is 0 Å². The summed E-state index contributed by atoms with van der Waals surface area (Å²) < 4.78 is 0. The molecule has 2 rings (SSSR count). The predicted octanol–water partition coefficient (Wildman–Crippen LogP) is 5.66. The number of carbonyl (C=O) groups is 2. The van der Waals surface area contributed by atoms with Crippen LogP contribution in [0.1, 0.15) is 36.1 Å².